The van der Waals surface area contributed by atoms with E-state index in [-0.39, 0.29) is 16.4 Å². The number of benzene rings is 2. The first-order chi connectivity index (χ1) is 10.2. The second kappa shape index (κ2) is 5.88. The third-order valence-electron chi connectivity index (χ3n) is 3.31. The van der Waals surface area contributed by atoms with E-state index in [1.807, 2.05) is 25.1 Å². The number of nitrogens with zero attached hydrogens (tertiary/aromatic N) is 1. The Kier molecular flexibility index (Phi) is 4.32. The number of hydrogen-bond acceptors (Lipinski definition) is 3. The number of amidine groups is 1. The van der Waals surface area contributed by atoms with Gasteiger partial charge in [-0.3, -0.25) is 0 Å². The zero-order chi connectivity index (χ0) is 16.5. The maximum Gasteiger partial charge on any atom is 0.175 e. The fourth-order valence-corrected chi connectivity index (χ4v) is 3.14. The fourth-order valence-electron chi connectivity index (χ4n) is 2.18. The molecule has 116 valence electrons. The molecule has 0 atom stereocenters. The Bertz CT molecular complexity index is 858. The molecule has 0 radical (unpaired) electrons. The lowest BCUT2D eigenvalue weighted by molar-refractivity contribution is 0.595. The molecule has 2 aromatic rings. The Morgan fingerprint density at radius 1 is 1.14 bits per heavy atom. The zero-order valence-corrected chi connectivity index (χ0v) is 13.4. The van der Waals surface area contributed by atoms with E-state index >= 15 is 0 Å². The molecule has 0 spiro atoms. The van der Waals surface area contributed by atoms with Gasteiger partial charge in [0.1, 0.15) is 17.3 Å². The molecule has 2 rings (SSSR count). The number of aryl methyl sites for hydroxylation is 2. The van der Waals surface area contributed by atoms with Crippen LogP contribution in [0.2, 0.25) is 0 Å². The van der Waals surface area contributed by atoms with Crippen molar-refractivity contribution in [2.75, 3.05) is 6.26 Å². The van der Waals surface area contributed by atoms with Crippen molar-refractivity contribution in [2.24, 2.45) is 10.7 Å². The summed E-state index contributed by atoms with van der Waals surface area (Å²) in [6.45, 7) is 3.48. The summed E-state index contributed by atoms with van der Waals surface area (Å²) in [6, 6.07) is 9.73. The number of halogens is 1. The lowest BCUT2D eigenvalue weighted by Gasteiger charge is -2.08. The molecular weight excluding hydrogens is 303 g/mol. The zero-order valence-electron chi connectivity index (χ0n) is 12.6. The van der Waals surface area contributed by atoms with E-state index in [1.54, 1.807) is 13.0 Å². The summed E-state index contributed by atoms with van der Waals surface area (Å²) in [6.07, 6.45) is 1.04. The largest absolute Gasteiger partial charge is 0.383 e. The van der Waals surface area contributed by atoms with Crippen molar-refractivity contribution in [1.29, 1.82) is 0 Å². The number of hydrogen-bond donors (Lipinski definition) is 1. The predicted octanol–water partition coefficient (Wildman–Crippen LogP) is 2.88. The van der Waals surface area contributed by atoms with Gasteiger partial charge in [0.15, 0.2) is 9.84 Å². The Labute approximate surface area is 129 Å². The number of aliphatic imine (C=N–C) groups is 1. The summed E-state index contributed by atoms with van der Waals surface area (Å²) in [4.78, 5) is 4.06. The first-order valence-electron chi connectivity index (χ1n) is 6.60. The average molecular weight is 320 g/mol. The van der Waals surface area contributed by atoms with Crippen LogP contribution in [-0.2, 0) is 9.84 Å². The molecule has 0 amide bonds. The third-order valence-corrected chi connectivity index (χ3v) is 4.54. The summed E-state index contributed by atoms with van der Waals surface area (Å²) in [5, 5.41) is 0. The van der Waals surface area contributed by atoms with Crippen molar-refractivity contribution >= 4 is 21.4 Å². The van der Waals surface area contributed by atoms with Gasteiger partial charge >= 0.3 is 0 Å². The fraction of sp³-hybridized carbons (Fsp3) is 0.188. The highest BCUT2D eigenvalue weighted by Gasteiger charge is 2.15. The molecule has 2 aromatic carbocycles. The lowest BCUT2D eigenvalue weighted by Crippen LogP contribution is -2.14. The van der Waals surface area contributed by atoms with Gasteiger partial charge in [-0.25, -0.2) is 17.8 Å². The van der Waals surface area contributed by atoms with Gasteiger partial charge in [-0.2, -0.15) is 0 Å². The van der Waals surface area contributed by atoms with E-state index in [9.17, 15) is 12.8 Å². The highest BCUT2D eigenvalue weighted by Crippen LogP contribution is 2.26. The highest BCUT2D eigenvalue weighted by atomic mass is 32.2. The van der Waals surface area contributed by atoms with Crippen molar-refractivity contribution in [1.82, 2.24) is 0 Å². The van der Waals surface area contributed by atoms with Crippen molar-refractivity contribution in [3.63, 3.8) is 0 Å². The average Bonchev–Trinajstić information content (AvgIpc) is 2.41. The number of rotatable bonds is 3. The SMILES string of the molecule is Cc1ccccc1/C(N)=N/c1cc(C)c(S(C)(=O)=O)cc1F. The summed E-state index contributed by atoms with van der Waals surface area (Å²) < 4.78 is 37.3. The Morgan fingerprint density at radius 3 is 2.36 bits per heavy atom. The first-order valence-corrected chi connectivity index (χ1v) is 8.49. The third kappa shape index (κ3) is 3.33. The Hall–Kier alpha value is -2.21. The van der Waals surface area contributed by atoms with E-state index < -0.39 is 15.7 Å². The lowest BCUT2D eigenvalue weighted by atomic mass is 10.1. The summed E-state index contributed by atoms with van der Waals surface area (Å²) in [7, 11) is -3.48. The smallest absolute Gasteiger partial charge is 0.175 e. The topological polar surface area (TPSA) is 72.5 Å². The van der Waals surface area contributed by atoms with Gasteiger partial charge in [0.05, 0.1) is 4.90 Å². The molecule has 2 N–H and O–H groups in total. The summed E-state index contributed by atoms with van der Waals surface area (Å²) in [5.41, 5.74) is 8.02. The van der Waals surface area contributed by atoms with Gasteiger partial charge < -0.3 is 5.73 Å². The van der Waals surface area contributed by atoms with Crippen LogP contribution in [0.15, 0.2) is 46.3 Å². The van der Waals surface area contributed by atoms with Crippen LogP contribution in [-0.4, -0.2) is 20.5 Å². The van der Waals surface area contributed by atoms with Crippen LogP contribution in [0, 0.1) is 19.7 Å². The van der Waals surface area contributed by atoms with Gasteiger partial charge in [0.25, 0.3) is 0 Å². The van der Waals surface area contributed by atoms with Crippen LogP contribution in [0.25, 0.3) is 0 Å². The van der Waals surface area contributed by atoms with Crippen LogP contribution in [0.1, 0.15) is 16.7 Å². The minimum Gasteiger partial charge on any atom is -0.383 e. The molecular formula is C16H17FN2O2S. The number of nitrogens with two attached hydrogens (primary N) is 1. The van der Waals surface area contributed by atoms with Gasteiger partial charge in [0.2, 0.25) is 0 Å². The van der Waals surface area contributed by atoms with Crippen LogP contribution < -0.4 is 5.73 Å². The van der Waals surface area contributed by atoms with Crippen molar-refractivity contribution in [2.45, 2.75) is 18.7 Å². The van der Waals surface area contributed by atoms with E-state index in [0.717, 1.165) is 17.9 Å². The molecule has 0 aromatic heterocycles. The van der Waals surface area contributed by atoms with Gasteiger partial charge in [0, 0.05) is 11.8 Å². The van der Waals surface area contributed by atoms with Gasteiger partial charge in [-0.15, -0.1) is 0 Å². The van der Waals surface area contributed by atoms with E-state index in [0.29, 0.717) is 11.1 Å². The number of sulfone groups is 1. The summed E-state index contributed by atoms with van der Waals surface area (Å²) in [5.74, 6) is -0.536. The summed E-state index contributed by atoms with van der Waals surface area (Å²) >= 11 is 0. The van der Waals surface area contributed by atoms with E-state index in [4.69, 9.17) is 5.73 Å². The van der Waals surface area contributed by atoms with E-state index in [1.165, 1.54) is 6.07 Å². The Morgan fingerprint density at radius 2 is 1.77 bits per heavy atom. The van der Waals surface area contributed by atoms with Crippen molar-refractivity contribution in [3.05, 3.63) is 58.9 Å². The van der Waals surface area contributed by atoms with E-state index in [2.05, 4.69) is 4.99 Å². The molecule has 0 saturated heterocycles. The normalized spacial score (nSPS) is 12.5. The standard InChI is InChI=1S/C16H17FN2O2S/c1-10-6-4-5-7-12(10)16(18)19-14-8-11(2)15(9-13(14)17)22(3,20)21/h4-9H,1-3H3,(H2,18,19). The quantitative estimate of drug-likeness (QED) is 0.698. The second-order valence-corrected chi connectivity index (χ2v) is 7.14. The molecule has 0 heterocycles. The second-order valence-electron chi connectivity index (χ2n) is 5.15. The minimum atomic E-state index is -3.48. The minimum absolute atomic E-state index is 0.0191. The molecule has 4 nitrogen and oxygen atoms in total. The molecule has 0 unspecified atom stereocenters. The van der Waals surface area contributed by atoms with Crippen molar-refractivity contribution < 1.29 is 12.8 Å². The van der Waals surface area contributed by atoms with Crippen LogP contribution in [0.3, 0.4) is 0 Å². The molecule has 0 aliphatic rings. The molecule has 0 aliphatic heterocycles. The first kappa shape index (κ1) is 16.2. The molecule has 0 saturated carbocycles. The van der Waals surface area contributed by atoms with Gasteiger partial charge in [-0.05, 0) is 37.1 Å². The van der Waals surface area contributed by atoms with Crippen LogP contribution >= 0.6 is 0 Å². The molecule has 6 heteroatoms. The van der Waals surface area contributed by atoms with Crippen LogP contribution in [0.5, 0.6) is 0 Å². The molecule has 0 fully saturated rings. The Balaban J connectivity index is 2.53. The predicted molar refractivity (Wildman–Crippen MR) is 85.8 cm³/mol. The maximum absolute atomic E-state index is 14.1. The molecule has 0 aliphatic carbocycles. The van der Waals surface area contributed by atoms with Gasteiger partial charge in [-0.1, -0.05) is 24.3 Å². The van der Waals surface area contributed by atoms with Crippen molar-refractivity contribution in [3.8, 4) is 0 Å². The monoisotopic (exact) mass is 320 g/mol. The highest BCUT2D eigenvalue weighted by molar-refractivity contribution is 7.90. The molecule has 22 heavy (non-hydrogen) atoms. The molecule has 0 bridgehead atoms. The maximum atomic E-state index is 14.1. The van der Waals surface area contributed by atoms with Crippen LogP contribution in [0.4, 0.5) is 10.1 Å².